The monoisotopic (exact) mass is 268 g/mol. The van der Waals surface area contributed by atoms with Crippen LogP contribution in [-0.4, -0.2) is 19.9 Å². The first-order valence-electron chi connectivity index (χ1n) is 5.90. The van der Waals surface area contributed by atoms with Crippen molar-refractivity contribution in [1.29, 1.82) is 0 Å². The van der Waals surface area contributed by atoms with Crippen LogP contribution in [0.2, 0.25) is 0 Å². The number of aromatic nitrogens is 4. The molecular weight excluding hydrogens is 262 g/mol. The molecule has 4 aromatic rings. The highest BCUT2D eigenvalue weighted by Gasteiger charge is 2.10. The van der Waals surface area contributed by atoms with Crippen LogP contribution in [0, 0.1) is 11.6 Å². The van der Waals surface area contributed by atoms with Crippen LogP contribution < -0.4 is 0 Å². The van der Waals surface area contributed by atoms with E-state index in [1.54, 1.807) is 12.1 Å². The molecule has 0 fully saturated rings. The molecule has 0 amide bonds. The Morgan fingerprint density at radius 3 is 1.45 bits per heavy atom. The van der Waals surface area contributed by atoms with E-state index in [0.717, 1.165) is 12.1 Å². The Hall–Kier alpha value is -2.76. The number of rotatable bonds is 0. The van der Waals surface area contributed by atoms with E-state index in [1.165, 1.54) is 0 Å². The van der Waals surface area contributed by atoms with Crippen molar-refractivity contribution in [2.45, 2.75) is 0 Å². The molecule has 2 heterocycles. The fourth-order valence-corrected chi connectivity index (χ4v) is 2.06. The Morgan fingerprint density at radius 1 is 0.600 bits per heavy atom. The van der Waals surface area contributed by atoms with Crippen molar-refractivity contribution in [1.82, 2.24) is 19.9 Å². The molecule has 0 aliphatic rings. The second-order valence-electron chi connectivity index (χ2n) is 4.34. The van der Waals surface area contributed by atoms with Gasteiger partial charge in [-0.3, -0.25) is 0 Å². The standard InChI is InChI=1S/C14H6F2N4/c15-7-5-11-12(6-8(7)16)20-14-13(19-11)17-9-3-1-2-4-10(9)18-14/h1-6H. The van der Waals surface area contributed by atoms with Crippen molar-refractivity contribution in [3.05, 3.63) is 48.0 Å². The molecule has 0 atom stereocenters. The van der Waals surface area contributed by atoms with Gasteiger partial charge in [-0.25, -0.2) is 28.7 Å². The Kier molecular flexibility index (Phi) is 2.14. The van der Waals surface area contributed by atoms with Crippen LogP contribution in [0.15, 0.2) is 36.4 Å². The van der Waals surface area contributed by atoms with Crippen molar-refractivity contribution >= 4 is 33.4 Å². The lowest BCUT2D eigenvalue weighted by atomic mass is 10.2. The highest BCUT2D eigenvalue weighted by atomic mass is 19.2. The van der Waals surface area contributed by atoms with Gasteiger partial charge in [0.25, 0.3) is 0 Å². The van der Waals surface area contributed by atoms with Gasteiger partial charge in [-0.15, -0.1) is 0 Å². The minimum absolute atomic E-state index is 0.251. The van der Waals surface area contributed by atoms with E-state index in [9.17, 15) is 8.78 Å². The van der Waals surface area contributed by atoms with Crippen LogP contribution in [0.4, 0.5) is 8.78 Å². The summed E-state index contributed by atoms with van der Waals surface area (Å²) in [5.41, 5.74) is 2.47. The van der Waals surface area contributed by atoms with Gasteiger partial charge >= 0.3 is 0 Å². The third-order valence-corrected chi connectivity index (χ3v) is 3.00. The summed E-state index contributed by atoms with van der Waals surface area (Å²) in [7, 11) is 0. The first kappa shape index (κ1) is 11.1. The molecule has 2 aromatic carbocycles. The zero-order valence-electron chi connectivity index (χ0n) is 10.0. The van der Waals surface area contributed by atoms with Crippen molar-refractivity contribution < 1.29 is 8.78 Å². The average molecular weight is 268 g/mol. The van der Waals surface area contributed by atoms with Crippen molar-refractivity contribution in [2.24, 2.45) is 0 Å². The molecule has 96 valence electrons. The lowest BCUT2D eigenvalue weighted by molar-refractivity contribution is 0.510. The van der Waals surface area contributed by atoms with E-state index >= 15 is 0 Å². The molecule has 0 aliphatic carbocycles. The molecule has 0 spiro atoms. The summed E-state index contributed by atoms with van der Waals surface area (Å²) in [5.74, 6) is -1.92. The third-order valence-electron chi connectivity index (χ3n) is 3.00. The topological polar surface area (TPSA) is 51.6 Å². The van der Waals surface area contributed by atoms with Crippen LogP contribution in [-0.2, 0) is 0 Å². The zero-order valence-corrected chi connectivity index (χ0v) is 10.0. The van der Waals surface area contributed by atoms with Crippen molar-refractivity contribution in [3.8, 4) is 0 Å². The SMILES string of the molecule is Fc1cc2nc3nc4ccccc4nc3nc2cc1F. The summed E-state index contributed by atoms with van der Waals surface area (Å²) in [4.78, 5) is 17.0. The smallest absolute Gasteiger partial charge is 0.199 e. The maximum Gasteiger partial charge on any atom is 0.199 e. The van der Waals surface area contributed by atoms with E-state index in [1.807, 2.05) is 12.1 Å². The summed E-state index contributed by atoms with van der Waals surface area (Å²) in [6.07, 6.45) is 0. The largest absolute Gasteiger partial charge is 0.224 e. The molecule has 2 aromatic heterocycles. The molecule has 4 nitrogen and oxygen atoms in total. The molecule has 0 bridgehead atoms. The van der Waals surface area contributed by atoms with Gasteiger partial charge in [0.05, 0.1) is 22.1 Å². The second-order valence-corrected chi connectivity index (χ2v) is 4.34. The predicted octanol–water partition coefficient (Wildman–Crippen LogP) is 3.00. The number of nitrogens with zero attached hydrogens (tertiary/aromatic N) is 4. The summed E-state index contributed by atoms with van der Waals surface area (Å²) >= 11 is 0. The second kappa shape index (κ2) is 3.86. The normalized spacial score (nSPS) is 11.5. The zero-order chi connectivity index (χ0) is 13.7. The molecule has 0 unspecified atom stereocenters. The van der Waals surface area contributed by atoms with Gasteiger partial charge in [0.1, 0.15) is 0 Å². The summed E-state index contributed by atoms with van der Waals surface area (Å²) < 4.78 is 26.4. The highest BCUT2D eigenvalue weighted by molar-refractivity contribution is 5.87. The molecule has 6 heteroatoms. The molecule has 0 N–H and O–H groups in total. The van der Waals surface area contributed by atoms with E-state index in [4.69, 9.17) is 0 Å². The minimum atomic E-state index is -0.958. The lowest BCUT2D eigenvalue weighted by Gasteiger charge is -2.02. The number of halogens is 2. The van der Waals surface area contributed by atoms with Gasteiger partial charge in [-0.2, -0.15) is 0 Å². The third kappa shape index (κ3) is 1.58. The fourth-order valence-electron chi connectivity index (χ4n) is 2.06. The van der Waals surface area contributed by atoms with Crippen LogP contribution in [0.25, 0.3) is 33.4 Å². The van der Waals surface area contributed by atoms with E-state index in [-0.39, 0.29) is 11.0 Å². The molecule has 0 aliphatic heterocycles. The predicted molar refractivity (Wildman–Crippen MR) is 70.1 cm³/mol. The summed E-state index contributed by atoms with van der Waals surface area (Å²) in [6.45, 7) is 0. The van der Waals surface area contributed by atoms with Crippen LogP contribution in [0.5, 0.6) is 0 Å². The number of benzene rings is 2. The molecule has 0 saturated carbocycles. The van der Waals surface area contributed by atoms with E-state index < -0.39 is 11.6 Å². The Labute approximate surface area is 111 Å². The first-order valence-corrected chi connectivity index (χ1v) is 5.90. The Balaban J connectivity index is 2.15. The lowest BCUT2D eigenvalue weighted by Crippen LogP contribution is -1.96. The van der Waals surface area contributed by atoms with Gasteiger partial charge in [0.2, 0.25) is 0 Å². The summed E-state index contributed by atoms with van der Waals surface area (Å²) in [6, 6.07) is 9.30. The van der Waals surface area contributed by atoms with Crippen LogP contribution in [0.3, 0.4) is 0 Å². The molecule has 0 saturated heterocycles. The van der Waals surface area contributed by atoms with Crippen LogP contribution >= 0.6 is 0 Å². The fraction of sp³-hybridized carbons (Fsp3) is 0. The molecular formula is C14H6F2N4. The maximum absolute atomic E-state index is 13.2. The van der Waals surface area contributed by atoms with Crippen molar-refractivity contribution in [3.63, 3.8) is 0 Å². The molecule has 0 radical (unpaired) electrons. The Bertz CT molecular complexity index is 905. The number of para-hydroxylation sites is 2. The van der Waals surface area contributed by atoms with Gasteiger partial charge in [-0.05, 0) is 12.1 Å². The minimum Gasteiger partial charge on any atom is -0.224 e. The summed E-state index contributed by atoms with van der Waals surface area (Å²) in [5, 5.41) is 0. The van der Waals surface area contributed by atoms with Crippen molar-refractivity contribution in [2.75, 3.05) is 0 Å². The van der Waals surface area contributed by atoms with Gasteiger partial charge in [0, 0.05) is 12.1 Å². The Morgan fingerprint density at radius 2 is 1.00 bits per heavy atom. The van der Waals surface area contributed by atoms with E-state index in [0.29, 0.717) is 22.3 Å². The van der Waals surface area contributed by atoms with Gasteiger partial charge < -0.3 is 0 Å². The number of hydrogen-bond acceptors (Lipinski definition) is 4. The number of hydrogen-bond donors (Lipinski definition) is 0. The van der Waals surface area contributed by atoms with E-state index in [2.05, 4.69) is 19.9 Å². The average Bonchev–Trinajstić information content (AvgIpc) is 2.44. The van der Waals surface area contributed by atoms with Gasteiger partial charge in [-0.1, -0.05) is 12.1 Å². The van der Waals surface area contributed by atoms with Gasteiger partial charge in [0.15, 0.2) is 22.9 Å². The molecule has 20 heavy (non-hydrogen) atoms. The first-order chi connectivity index (χ1) is 9.70. The quantitative estimate of drug-likeness (QED) is 0.460. The highest BCUT2D eigenvalue weighted by Crippen LogP contribution is 2.19. The number of fused-ring (bicyclic) bond motifs is 3. The van der Waals surface area contributed by atoms with Crippen LogP contribution in [0.1, 0.15) is 0 Å². The maximum atomic E-state index is 13.2. The molecule has 4 rings (SSSR count).